The van der Waals surface area contributed by atoms with E-state index in [4.69, 9.17) is 4.74 Å². The van der Waals surface area contributed by atoms with Crippen molar-refractivity contribution in [2.24, 2.45) is 5.92 Å². The molecule has 0 bridgehead atoms. The summed E-state index contributed by atoms with van der Waals surface area (Å²) in [4.78, 5) is 10.2. The second-order valence-electron chi connectivity index (χ2n) is 3.97. The third-order valence-electron chi connectivity index (χ3n) is 2.19. The van der Waals surface area contributed by atoms with Crippen LogP contribution in [0.2, 0.25) is 0 Å². The molecule has 0 rings (SSSR count). The number of rotatable bonds is 8. The number of unbranched alkanes of at least 4 members (excludes halogenated alkanes) is 1. The van der Waals surface area contributed by atoms with E-state index in [2.05, 4.69) is 20.8 Å². The summed E-state index contributed by atoms with van der Waals surface area (Å²) >= 11 is 0. The molecule has 1 atom stereocenters. The first kappa shape index (κ1) is 12.5. The molecule has 0 fully saturated rings. The number of hydrogen-bond donors (Lipinski definition) is 0. The second kappa shape index (κ2) is 8.09. The molecule has 0 aliphatic carbocycles. The maximum atomic E-state index is 10.2. The molecule has 0 aromatic heterocycles. The Bertz CT molecular complexity index is 121. The lowest BCUT2D eigenvalue weighted by Gasteiger charge is -2.15. The quantitative estimate of drug-likeness (QED) is 0.544. The summed E-state index contributed by atoms with van der Waals surface area (Å²) in [5, 5.41) is 0. The molecule has 0 saturated heterocycles. The zero-order chi connectivity index (χ0) is 10.1. The summed E-state index contributed by atoms with van der Waals surface area (Å²) in [6.07, 6.45) is 5.64. The van der Waals surface area contributed by atoms with Gasteiger partial charge in [0.1, 0.15) is 6.10 Å². The van der Waals surface area contributed by atoms with Gasteiger partial charge in [-0.25, -0.2) is 0 Å². The molecule has 0 N–H and O–H groups in total. The van der Waals surface area contributed by atoms with Gasteiger partial charge in [0.05, 0.1) is 0 Å². The smallest absolute Gasteiger partial charge is 0.293 e. The minimum atomic E-state index is 0.153. The zero-order valence-corrected chi connectivity index (χ0v) is 9.08. The van der Waals surface area contributed by atoms with E-state index in [1.165, 1.54) is 6.42 Å². The molecule has 0 amide bonds. The largest absolute Gasteiger partial charge is 0.465 e. The fourth-order valence-electron chi connectivity index (χ4n) is 1.31. The van der Waals surface area contributed by atoms with Gasteiger partial charge in [0.2, 0.25) is 0 Å². The Morgan fingerprint density at radius 3 is 2.38 bits per heavy atom. The fraction of sp³-hybridized carbons (Fsp3) is 0.909. The van der Waals surface area contributed by atoms with Crippen LogP contribution in [0.5, 0.6) is 0 Å². The SMILES string of the molecule is CCCCC(CCC(C)C)OC=O. The van der Waals surface area contributed by atoms with Gasteiger partial charge in [0.25, 0.3) is 6.47 Å². The third kappa shape index (κ3) is 7.82. The average Bonchev–Trinajstić information content (AvgIpc) is 2.09. The Balaban J connectivity index is 3.59. The zero-order valence-electron chi connectivity index (χ0n) is 9.08. The Morgan fingerprint density at radius 1 is 1.23 bits per heavy atom. The predicted molar refractivity (Wildman–Crippen MR) is 54.5 cm³/mol. The monoisotopic (exact) mass is 186 g/mol. The molecule has 2 heteroatoms. The van der Waals surface area contributed by atoms with E-state index in [-0.39, 0.29) is 6.10 Å². The van der Waals surface area contributed by atoms with E-state index in [0.29, 0.717) is 12.4 Å². The molecule has 1 unspecified atom stereocenters. The summed E-state index contributed by atoms with van der Waals surface area (Å²) < 4.78 is 5.01. The average molecular weight is 186 g/mol. The summed E-state index contributed by atoms with van der Waals surface area (Å²) in [5.74, 6) is 0.694. The van der Waals surface area contributed by atoms with Crippen molar-refractivity contribution in [2.45, 2.75) is 59.0 Å². The van der Waals surface area contributed by atoms with Crippen LogP contribution in [0.1, 0.15) is 52.9 Å². The third-order valence-corrected chi connectivity index (χ3v) is 2.19. The van der Waals surface area contributed by atoms with E-state index in [0.717, 1.165) is 25.7 Å². The highest BCUT2D eigenvalue weighted by Gasteiger charge is 2.09. The Kier molecular flexibility index (Phi) is 7.76. The summed E-state index contributed by atoms with van der Waals surface area (Å²) in [6.45, 7) is 7.12. The topological polar surface area (TPSA) is 26.3 Å². The molecule has 0 radical (unpaired) electrons. The van der Waals surface area contributed by atoms with E-state index in [1.54, 1.807) is 0 Å². The van der Waals surface area contributed by atoms with Gasteiger partial charge in [-0.05, 0) is 25.2 Å². The van der Waals surface area contributed by atoms with E-state index >= 15 is 0 Å². The molecule has 0 aromatic rings. The molecule has 2 nitrogen and oxygen atoms in total. The van der Waals surface area contributed by atoms with Crippen LogP contribution in [0.4, 0.5) is 0 Å². The molecule has 13 heavy (non-hydrogen) atoms. The van der Waals surface area contributed by atoms with Crippen LogP contribution >= 0.6 is 0 Å². The van der Waals surface area contributed by atoms with Crippen LogP contribution in [-0.2, 0) is 9.53 Å². The van der Waals surface area contributed by atoms with Crippen LogP contribution in [0, 0.1) is 5.92 Å². The van der Waals surface area contributed by atoms with Crippen molar-refractivity contribution < 1.29 is 9.53 Å². The number of ether oxygens (including phenoxy) is 1. The number of hydrogen-bond acceptors (Lipinski definition) is 2. The van der Waals surface area contributed by atoms with Crippen molar-refractivity contribution >= 4 is 6.47 Å². The molecule has 0 aliphatic heterocycles. The van der Waals surface area contributed by atoms with Crippen molar-refractivity contribution in [1.29, 1.82) is 0 Å². The van der Waals surface area contributed by atoms with Crippen LogP contribution in [-0.4, -0.2) is 12.6 Å². The van der Waals surface area contributed by atoms with Gasteiger partial charge < -0.3 is 4.74 Å². The molecule has 0 heterocycles. The fourth-order valence-corrected chi connectivity index (χ4v) is 1.31. The second-order valence-corrected chi connectivity index (χ2v) is 3.97. The maximum Gasteiger partial charge on any atom is 0.293 e. The van der Waals surface area contributed by atoms with Gasteiger partial charge in [-0.1, -0.05) is 33.6 Å². The van der Waals surface area contributed by atoms with Crippen molar-refractivity contribution in [1.82, 2.24) is 0 Å². The first-order valence-corrected chi connectivity index (χ1v) is 5.29. The highest BCUT2D eigenvalue weighted by Crippen LogP contribution is 2.14. The lowest BCUT2D eigenvalue weighted by Crippen LogP contribution is -2.12. The maximum absolute atomic E-state index is 10.2. The van der Waals surface area contributed by atoms with Crippen molar-refractivity contribution in [2.75, 3.05) is 0 Å². The lowest BCUT2D eigenvalue weighted by molar-refractivity contribution is -0.134. The molecule has 0 saturated carbocycles. The summed E-state index contributed by atoms with van der Waals surface area (Å²) in [5.41, 5.74) is 0. The highest BCUT2D eigenvalue weighted by molar-refractivity contribution is 5.37. The Morgan fingerprint density at radius 2 is 1.92 bits per heavy atom. The van der Waals surface area contributed by atoms with Gasteiger partial charge in [-0.3, -0.25) is 4.79 Å². The molecule has 0 spiro atoms. The molecule has 0 aromatic carbocycles. The minimum Gasteiger partial charge on any atom is -0.465 e. The van der Waals surface area contributed by atoms with Crippen LogP contribution in [0.3, 0.4) is 0 Å². The van der Waals surface area contributed by atoms with Crippen LogP contribution in [0.25, 0.3) is 0 Å². The summed E-state index contributed by atoms with van der Waals surface area (Å²) in [7, 11) is 0. The standard InChI is InChI=1S/C11H22O2/c1-4-5-6-11(13-9-12)8-7-10(2)3/h9-11H,4-8H2,1-3H3. The highest BCUT2D eigenvalue weighted by atomic mass is 16.5. The van der Waals surface area contributed by atoms with Gasteiger partial charge in [-0.2, -0.15) is 0 Å². The minimum absolute atomic E-state index is 0.153. The molecular formula is C11H22O2. The normalized spacial score (nSPS) is 12.9. The first-order valence-electron chi connectivity index (χ1n) is 5.29. The molecular weight excluding hydrogens is 164 g/mol. The number of carbonyl (C=O) groups excluding carboxylic acids is 1. The van der Waals surface area contributed by atoms with Crippen molar-refractivity contribution in [3.8, 4) is 0 Å². The van der Waals surface area contributed by atoms with Crippen LogP contribution in [0.15, 0.2) is 0 Å². The Hall–Kier alpha value is -0.530. The van der Waals surface area contributed by atoms with E-state index in [9.17, 15) is 4.79 Å². The van der Waals surface area contributed by atoms with Gasteiger partial charge in [0, 0.05) is 0 Å². The number of carbonyl (C=O) groups is 1. The van der Waals surface area contributed by atoms with Crippen molar-refractivity contribution in [3.63, 3.8) is 0 Å². The Labute approximate surface area is 81.7 Å². The van der Waals surface area contributed by atoms with Gasteiger partial charge in [-0.15, -0.1) is 0 Å². The van der Waals surface area contributed by atoms with Crippen LogP contribution < -0.4 is 0 Å². The van der Waals surface area contributed by atoms with Crippen molar-refractivity contribution in [3.05, 3.63) is 0 Å². The molecule has 0 aliphatic rings. The van der Waals surface area contributed by atoms with E-state index in [1.807, 2.05) is 0 Å². The van der Waals surface area contributed by atoms with E-state index < -0.39 is 0 Å². The summed E-state index contributed by atoms with van der Waals surface area (Å²) in [6, 6.07) is 0. The molecule has 78 valence electrons. The first-order chi connectivity index (χ1) is 6.20. The lowest BCUT2D eigenvalue weighted by atomic mass is 10.0. The van der Waals surface area contributed by atoms with Gasteiger partial charge in [0.15, 0.2) is 0 Å². The predicted octanol–water partition coefficient (Wildman–Crippen LogP) is 3.15. The van der Waals surface area contributed by atoms with Gasteiger partial charge >= 0.3 is 0 Å².